The van der Waals surface area contributed by atoms with Crippen LogP contribution in [0.4, 0.5) is 8.78 Å². The van der Waals surface area contributed by atoms with E-state index in [1.165, 1.54) is 6.07 Å². The third-order valence-corrected chi connectivity index (χ3v) is 2.42. The number of rotatable bonds is 7. The highest BCUT2D eigenvalue weighted by Gasteiger charge is 2.09. The van der Waals surface area contributed by atoms with E-state index >= 15 is 0 Å². The highest BCUT2D eigenvalue weighted by molar-refractivity contribution is 5.23. The van der Waals surface area contributed by atoms with Gasteiger partial charge in [-0.15, -0.1) is 0 Å². The zero-order valence-electron chi connectivity index (χ0n) is 10.6. The van der Waals surface area contributed by atoms with Gasteiger partial charge in [0, 0.05) is 18.2 Å². The normalized spacial score (nSPS) is 12.8. The fourth-order valence-electron chi connectivity index (χ4n) is 1.58. The number of nitrogens with one attached hydrogen (secondary N) is 1. The van der Waals surface area contributed by atoms with Crippen LogP contribution in [0.25, 0.3) is 0 Å². The van der Waals surface area contributed by atoms with Gasteiger partial charge in [-0.05, 0) is 18.6 Å². The summed E-state index contributed by atoms with van der Waals surface area (Å²) in [5, 5.41) is 12.3. The third kappa shape index (κ3) is 4.98. The summed E-state index contributed by atoms with van der Waals surface area (Å²) < 4.78 is 30.9. The SMILES string of the molecule is CC(C)NC(CO)CCOc1ccc(F)c(F)c1. The second-order valence-electron chi connectivity index (χ2n) is 4.41. The Hall–Kier alpha value is -1.20. The Labute approximate surface area is 106 Å². The van der Waals surface area contributed by atoms with E-state index in [-0.39, 0.29) is 24.4 Å². The molecule has 102 valence electrons. The monoisotopic (exact) mass is 259 g/mol. The predicted octanol–water partition coefficient (Wildman–Crippen LogP) is 2.09. The van der Waals surface area contributed by atoms with Gasteiger partial charge in [0.1, 0.15) is 5.75 Å². The Morgan fingerprint density at radius 3 is 2.56 bits per heavy atom. The standard InChI is InChI=1S/C13H19F2NO2/c1-9(2)16-10(8-17)5-6-18-11-3-4-12(14)13(15)7-11/h3-4,7,9-10,16-17H,5-6,8H2,1-2H3. The lowest BCUT2D eigenvalue weighted by Gasteiger charge is -2.19. The van der Waals surface area contributed by atoms with Crippen molar-refractivity contribution in [3.8, 4) is 5.75 Å². The minimum Gasteiger partial charge on any atom is -0.493 e. The minimum atomic E-state index is -0.925. The third-order valence-electron chi connectivity index (χ3n) is 2.42. The molecule has 1 atom stereocenters. The summed E-state index contributed by atoms with van der Waals surface area (Å²) in [5.74, 6) is -1.53. The maximum absolute atomic E-state index is 12.9. The molecule has 0 amide bonds. The molecular weight excluding hydrogens is 240 g/mol. The Kier molecular flexibility index (Phi) is 6.01. The van der Waals surface area contributed by atoms with Crippen LogP contribution in [0.3, 0.4) is 0 Å². The summed E-state index contributed by atoms with van der Waals surface area (Å²) in [6.07, 6.45) is 0.591. The smallest absolute Gasteiger partial charge is 0.162 e. The summed E-state index contributed by atoms with van der Waals surface area (Å²) in [6.45, 7) is 4.31. The molecule has 0 spiro atoms. The first-order chi connectivity index (χ1) is 8.52. The fourth-order valence-corrected chi connectivity index (χ4v) is 1.58. The zero-order chi connectivity index (χ0) is 13.5. The van der Waals surface area contributed by atoms with Crippen molar-refractivity contribution >= 4 is 0 Å². The van der Waals surface area contributed by atoms with Crippen molar-refractivity contribution in [3.05, 3.63) is 29.8 Å². The lowest BCUT2D eigenvalue weighted by atomic mass is 10.2. The summed E-state index contributed by atoms with van der Waals surface area (Å²) in [5.41, 5.74) is 0. The number of halogens is 2. The lowest BCUT2D eigenvalue weighted by Crippen LogP contribution is -2.38. The van der Waals surface area contributed by atoms with Crippen molar-refractivity contribution in [2.24, 2.45) is 0 Å². The second kappa shape index (κ2) is 7.28. The molecule has 2 N–H and O–H groups in total. The van der Waals surface area contributed by atoms with Gasteiger partial charge in [0.15, 0.2) is 11.6 Å². The van der Waals surface area contributed by atoms with Gasteiger partial charge in [-0.2, -0.15) is 0 Å². The van der Waals surface area contributed by atoms with Gasteiger partial charge in [0.25, 0.3) is 0 Å². The Morgan fingerprint density at radius 2 is 2.00 bits per heavy atom. The molecular formula is C13H19F2NO2. The number of aliphatic hydroxyl groups excluding tert-OH is 1. The molecule has 0 heterocycles. The zero-order valence-corrected chi connectivity index (χ0v) is 10.6. The summed E-state index contributed by atoms with van der Waals surface area (Å²) in [4.78, 5) is 0. The van der Waals surface area contributed by atoms with Crippen LogP contribution in [0.5, 0.6) is 5.75 Å². The van der Waals surface area contributed by atoms with E-state index in [1.54, 1.807) is 0 Å². The maximum atomic E-state index is 12.9. The van der Waals surface area contributed by atoms with Crippen LogP contribution in [0.15, 0.2) is 18.2 Å². The molecule has 0 aliphatic rings. The second-order valence-corrected chi connectivity index (χ2v) is 4.41. The van der Waals surface area contributed by atoms with Crippen LogP contribution >= 0.6 is 0 Å². The van der Waals surface area contributed by atoms with E-state index in [0.29, 0.717) is 13.0 Å². The van der Waals surface area contributed by atoms with E-state index < -0.39 is 11.6 Å². The molecule has 0 saturated carbocycles. The Balaban J connectivity index is 2.38. The van der Waals surface area contributed by atoms with Gasteiger partial charge >= 0.3 is 0 Å². The Morgan fingerprint density at radius 1 is 1.28 bits per heavy atom. The van der Waals surface area contributed by atoms with Crippen molar-refractivity contribution in [1.29, 1.82) is 0 Å². The summed E-state index contributed by atoms with van der Waals surface area (Å²) in [6, 6.07) is 3.63. The van der Waals surface area contributed by atoms with Gasteiger partial charge in [0.05, 0.1) is 13.2 Å². The van der Waals surface area contributed by atoms with Crippen molar-refractivity contribution in [2.45, 2.75) is 32.4 Å². The number of hydrogen-bond donors (Lipinski definition) is 2. The number of benzene rings is 1. The van der Waals surface area contributed by atoms with Crippen LogP contribution < -0.4 is 10.1 Å². The maximum Gasteiger partial charge on any atom is 0.162 e. The van der Waals surface area contributed by atoms with Gasteiger partial charge in [-0.3, -0.25) is 0 Å². The summed E-state index contributed by atoms with van der Waals surface area (Å²) >= 11 is 0. The van der Waals surface area contributed by atoms with Crippen LogP contribution in [0, 0.1) is 11.6 Å². The number of hydrogen-bond acceptors (Lipinski definition) is 3. The van der Waals surface area contributed by atoms with E-state index in [2.05, 4.69) is 5.32 Å². The number of ether oxygens (including phenoxy) is 1. The number of aliphatic hydroxyl groups is 1. The van der Waals surface area contributed by atoms with Crippen LogP contribution in [0.2, 0.25) is 0 Å². The molecule has 3 nitrogen and oxygen atoms in total. The first kappa shape index (κ1) is 14.9. The lowest BCUT2D eigenvalue weighted by molar-refractivity contribution is 0.202. The molecule has 1 unspecified atom stereocenters. The van der Waals surface area contributed by atoms with Crippen LogP contribution in [-0.4, -0.2) is 30.4 Å². The van der Waals surface area contributed by atoms with Crippen LogP contribution in [0.1, 0.15) is 20.3 Å². The predicted molar refractivity (Wildman–Crippen MR) is 65.6 cm³/mol. The van der Waals surface area contributed by atoms with E-state index in [0.717, 1.165) is 12.1 Å². The van der Waals surface area contributed by atoms with Gasteiger partial charge in [-0.25, -0.2) is 8.78 Å². The molecule has 0 saturated heterocycles. The molecule has 1 aromatic carbocycles. The Bertz CT molecular complexity index is 372. The van der Waals surface area contributed by atoms with E-state index in [4.69, 9.17) is 9.84 Å². The minimum absolute atomic E-state index is 0.0132. The average molecular weight is 259 g/mol. The van der Waals surface area contributed by atoms with Gasteiger partial charge < -0.3 is 15.2 Å². The van der Waals surface area contributed by atoms with Crippen LogP contribution in [-0.2, 0) is 0 Å². The topological polar surface area (TPSA) is 41.5 Å². The molecule has 0 fully saturated rings. The largest absolute Gasteiger partial charge is 0.493 e. The quantitative estimate of drug-likeness (QED) is 0.788. The van der Waals surface area contributed by atoms with Gasteiger partial charge in [0.2, 0.25) is 0 Å². The molecule has 0 bridgehead atoms. The first-order valence-electron chi connectivity index (χ1n) is 5.97. The van der Waals surface area contributed by atoms with Crippen molar-refractivity contribution in [3.63, 3.8) is 0 Å². The molecule has 0 aliphatic carbocycles. The molecule has 5 heteroatoms. The average Bonchev–Trinajstić information content (AvgIpc) is 2.32. The van der Waals surface area contributed by atoms with Crippen molar-refractivity contribution in [2.75, 3.05) is 13.2 Å². The van der Waals surface area contributed by atoms with Gasteiger partial charge in [-0.1, -0.05) is 13.8 Å². The molecule has 18 heavy (non-hydrogen) atoms. The summed E-state index contributed by atoms with van der Waals surface area (Å²) in [7, 11) is 0. The van der Waals surface area contributed by atoms with E-state index in [9.17, 15) is 8.78 Å². The molecule has 0 aliphatic heterocycles. The highest BCUT2D eigenvalue weighted by atomic mass is 19.2. The van der Waals surface area contributed by atoms with Crippen molar-refractivity contribution < 1.29 is 18.6 Å². The molecule has 1 rings (SSSR count). The molecule has 0 aromatic heterocycles. The molecule has 0 radical (unpaired) electrons. The van der Waals surface area contributed by atoms with E-state index in [1.807, 2.05) is 13.8 Å². The first-order valence-corrected chi connectivity index (χ1v) is 5.97. The molecule has 1 aromatic rings. The fraction of sp³-hybridized carbons (Fsp3) is 0.538. The highest BCUT2D eigenvalue weighted by Crippen LogP contribution is 2.15. The van der Waals surface area contributed by atoms with Crippen molar-refractivity contribution in [1.82, 2.24) is 5.32 Å².